The molecule has 0 aliphatic heterocycles. The Labute approximate surface area is 141 Å². The Morgan fingerprint density at radius 2 is 1.79 bits per heavy atom. The van der Waals surface area contributed by atoms with Gasteiger partial charge < -0.3 is 14.5 Å². The van der Waals surface area contributed by atoms with E-state index in [-0.39, 0.29) is 5.63 Å². The van der Waals surface area contributed by atoms with Crippen molar-refractivity contribution < 1.29 is 14.5 Å². The van der Waals surface area contributed by atoms with Gasteiger partial charge in [-0.25, -0.2) is 4.79 Å². The largest absolute Gasteiger partial charge is 0.496 e. The van der Waals surface area contributed by atoms with E-state index in [0.717, 1.165) is 39.9 Å². The zero-order valence-electron chi connectivity index (χ0n) is 14.3. The average molecular weight is 324 g/mol. The van der Waals surface area contributed by atoms with Crippen molar-refractivity contribution in [1.29, 1.82) is 0 Å². The Bertz CT molecular complexity index is 928. The van der Waals surface area contributed by atoms with Crippen LogP contribution in [0.2, 0.25) is 0 Å². The lowest BCUT2D eigenvalue weighted by atomic mass is 10.0. The third kappa shape index (κ3) is 3.19. The highest BCUT2D eigenvalue weighted by atomic mass is 16.5. The van der Waals surface area contributed by atoms with Gasteiger partial charge in [0.1, 0.15) is 24.4 Å². The van der Waals surface area contributed by atoms with Crippen LogP contribution in [0.5, 0.6) is 5.75 Å². The molecule has 0 amide bonds. The van der Waals surface area contributed by atoms with Gasteiger partial charge in [-0.1, -0.05) is 24.3 Å². The molecule has 0 unspecified atom stereocenters. The summed E-state index contributed by atoms with van der Waals surface area (Å²) in [6, 6.07) is 13.7. The van der Waals surface area contributed by atoms with Crippen LogP contribution in [0, 0.1) is 13.8 Å². The molecule has 0 saturated heterocycles. The molecular weight excluding hydrogens is 302 g/mol. The molecule has 0 radical (unpaired) electrons. The quantitative estimate of drug-likeness (QED) is 0.734. The Kier molecular flexibility index (Phi) is 4.67. The third-order valence-corrected chi connectivity index (χ3v) is 4.44. The highest BCUT2D eigenvalue weighted by molar-refractivity contribution is 5.83. The molecule has 0 atom stereocenters. The van der Waals surface area contributed by atoms with E-state index in [4.69, 9.17) is 9.15 Å². The Balaban J connectivity index is 1.85. The highest BCUT2D eigenvalue weighted by Gasteiger charge is 2.11. The predicted octanol–water partition coefficient (Wildman–Crippen LogP) is 2.68. The first kappa shape index (κ1) is 16.3. The lowest BCUT2D eigenvalue weighted by molar-refractivity contribution is -0.686. The molecule has 3 rings (SSSR count). The summed E-state index contributed by atoms with van der Waals surface area (Å²) >= 11 is 0. The number of quaternary nitrogens is 1. The minimum absolute atomic E-state index is 0.295. The lowest BCUT2D eigenvalue weighted by Gasteiger charge is -2.10. The van der Waals surface area contributed by atoms with Gasteiger partial charge in [0, 0.05) is 22.6 Å². The number of rotatable bonds is 5. The number of methoxy groups -OCH3 is 1. The Morgan fingerprint density at radius 1 is 1.04 bits per heavy atom. The zero-order valence-corrected chi connectivity index (χ0v) is 14.3. The molecule has 0 aliphatic carbocycles. The summed E-state index contributed by atoms with van der Waals surface area (Å²) in [5.41, 5.74) is 4.69. The molecule has 0 bridgehead atoms. The third-order valence-electron chi connectivity index (χ3n) is 4.44. The topological polar surface area (TPSA) is 56.0 Å². The SMILES string of the molecule is COc1ccccc1C[NH2+]Cc1cc(=O)oc2c(C)c(C)ccc12. The number of nitrogens with two attached hydrogens (primary N) is 1. The average Bonchev–Trinajstić information content (AvgIpc) is 2.59. The minimum Gasteiger partial charge on any atom is -0.496 e. The Hall–Kier alpha value is -2.59. The van der Waals surface area contributed by atoms with Crippen LogP contribution >= 0.6 is 0 Å². The number of ether oxygens (including phenoxy) is 1. The molecule has 1 heterocycles. The van der Waals surface area contributed by atoms with Crippen LogP contribution in [-0.4, -0.2) is 7.11 Å². The van der Waals surface area contributed by atoms with E-state index in [1.54, 1.807) is 13.2 Å². The molecule has 2 aromatic carbocycles. The second kappa shape index (κ2) is 6.89. The number of para-hydroxylation sites is 1. The predicted molar refractivity (Wildman–Crippen MR) is 94.3 cm³/mol. The van der Waals surface area contributed by atoms with Crippen LogP contribution < -0.4 is 15.7 Å². The standard InChI is InChI=1S/C20H21NO3/c1-13-8-9-17-16(10-19(22)24-20(17)14(13)2)12-21-11-15-6-4-5-7-18(15)23-3/h4-10,21H,11-12H2,1-3H3/p+1. The van der Waals surface area contributed by atoms with Gasteiger partial charge in [0.05, 0.1) is 7.11 Å². The van der Waals surface area contributed by atoms with E-state index in [1.807, 2.05) is 38.1 Å². The molecule has 4 nitrogen and oxygen atoms in total. The van der Waals surface area contributed by atoms with Crippen molar-refractivity contribution >= 4 is 11.0 Å². The van der Waals surface area contributed by atoms with Gasteiger partial charge in [-0.15, -0.1) is 0 Å². The summed E-state index contributed by atoms with van der Waals surface area (Å²) in [5.74, 6) is 0.887. The first-order valence-corrected chi connectivity index (χ1v) is 8.06. The van der Waals surface area contributed by atoms with Gasteiger partial charge in [0.15, 0.2) is 0 Å². The molecule has 2 N–H and O–H groups in total. The van der Waals surface area contributed by atoms with Gasteiger partial charge >= 0.3 is 5.63 Å². The van der Waals surface area contributed by atoms with E-state index in [0.29, 0.717) is 12.1 Å². The first-order valence-electron chi connectivity index (χ1n) is 8.06. The molecule has 0 spiro atoms. The molecule has 4 heteroatoms. The summed E-state index contributed by atoms with van der Waals surface area (Å²) in [4.78, 5) is 11.9. The van der Waals surface area contributed by atoms with E-state index in [2.05, 4.69) is 17.4 Å². The maximum absolute atomic E-state index is 11.9. The molecule has 124 valence electrons. The fourth-order valence-corrected chi connectivity index (χ4v) is 2.95. The second-order valence-electron chi connectivity index (χ2n) is 5.98. The summed E-state index contributed by atoms with van der Waals surface area (Å²) in [6.07, 6.45) is 0. The van der Waals surface area contributed by atoms with Crippen molar-refractivity contribution in [2.75, 3.05) is 7.11 Å². The van der Waals surface area contributed by atoms with Gasteiger partial charge in [-0.05, 0) is 37.1 Å². The van der Waals surface area contributed by atoms with Gasteiger partial charge in [0.2, 0.25) is 0 Å². The number of hydrogen-bond donors (Lipinski definition) is 1. The van der Waals surface area contributed by atoms with Crippen LogP contribution in [0.1, 0.15) is 22.3 Å². The van der Waals surface area contributed by atoms with E-state index in [1.165, 1.54) is 0 Å². The fourth-order valence-electron chi connectivity index (χ4n) is 2.95. The number of aryl methyl sites for hydroxylation is 2. The highest BCUT2D eigenvalue weighted by Crippen LogP contribution is 2.22. The van der Waals surface area contributed by atoms with E-state index in [9.17, 15) is 4.79 Å². The summed E-state index contributed by atoms with van der Waals surface area (Å²) in [7, 11) is 1.68. The van der Waals surface area contributed by atoms with Crippen molar-refractivity contribution in [1.82, 2.24) is 0 Å². The summed E-state index contributed by atoms with van der Waals surface area (Å²) < 4.78 is 10.8. The molecule has 0 fully saturated rings. The number of fused-ring (bicyclic) bond motifs is 1. The van der Waals surface area contributed by atoms with Crippen molar-refractivity contribution in [2.24, 2.45) is 0 Å². The van der Waals surface area contributed by atoms with Crippen molar-refractivity contribution in [3.05, 3.63) is 75.1 Å². The molecule has 0 aliphatic rings. The van der Waals surface area contributed by atoms with Crippen molar-refractivity contribution in [2.45, 2.75) is 26.9 Å². The normalized spacial score (nSPS) is 11.0. The maximum atomic E-state index is 11.9. The molecular formula is C20H22NO3+. The van der Waals surface area contributed by atoms with E-state index >= 15 is 0 Å². The molecule has 1 aromatic heterocycles. The smallest absolute Gasteiger partial charge is 0.336 e. The molecule has 24 heavy (non-hydrogen) atoms. The number of hydrogen-bond acceptors (Lipinski definition) is 3. The van der Waals surface area contributed by atoms with Gasteiger partial charge in [-0.3, -0.25) is 0 Å². The summed E-state index contributed by atoms with van der Waals surface area (Å²) in [5, 5.41) is 3.18. The van der Waals surface area contributed by atoms with Crippen LogP contribution in [0.3, 0.4) is 0 Å². The van der Waals surface area contributed by atoms with Crippen molar-refractivity contribution in [3.8, 4) is 5.75 Å². The van der Waals surface area contributed by atoms with Crippen LogP contribution in [0.4, 0.5) is 0 Å². The van der Waals surface area contributed by atoms with Crippen LogP contribution in [-0.2, 0) is 13.1 Å². The first-order chi connectivity index (χ1) is 11.6. The second-order valence-corrected chi connectivity index (χ2v) is 5.98. The van der Waals surface area contributed by atoms with E-state index < -0.39 is 0 Å². The molecule has 0 saturated carbocycles. The minimum atomic E-state index is -0.295. The van der Waals surface area contributed by atoms with Crippen LogP contribution in [0.25, 0.3) is 11.0 Å². The fraction of sp³-hybridized carbons (Fsp3) is 0.250. The van der Waals surface area contributed by atoms with Gasteiger partial charge in [0.25, 0.3) is 0 Å². The van der Waals surface area contributed by atoms with Crippen molar-refractivity contribution in [3.63, 3.8) is 0 Å². The maximum Gasteiger partial charge on any atom is 0.336 e. The van der Waals surface area contributed by atoms with Crippen LogP contribution in [0.15, 0.2) is 51.7 Å². The monoisotopic (exact) mass is 324 g/mol. The van der Waals surface area contributed by atoms with Gasteiger partial charge in [-0.2, -0.15) is 0 Å². The summed E-state index contributed by atoms with van der Waals surface area (Å²) in [6.45, 7) is 5.51. The zero-order chi connectivity index (χ0) is 17.1. The molecule has 3 aromatic rings. The number of benzene rings is 2. The lowest BCUT2D eigenvalue weighted by Crippen LogP contribution is -2.80. The Morgan fingerprint density at radius 3 is 2.58 bits per heavy atom.